The van der Waals surface area contributed by atoms with Gasteiger partial charge in [0.25, 0.3) is 5.91 Å². The van der Waals surface area contributed by atoms with Crippen molar-refractivity contribution in [2.45, 2.75) is 11.8 Å². The van der Waals surface area contributed by atoms with Crippen LogP contribution in [0.5, 0.6) is 0 Å². The lowest BCUT2D eigenvalue weighted by Crippen LogP contribution is -2.12. The molecule has 0 saturated carbocycles. The van der Waals surface area contributed by atoms with Gasteiger partial charge < -0.3 is 0 Å². The summed E-state index contributed by atoms with van der Waals surface area (Å²) < 4.78 is 24.3. The fourth-order valence-electron chi connectivity index (χ4n) is 2.15. The summed E-state index contributed by atoms with van der Waals surface area (Å²) in [6.45, 7) is 1.57. The van der Waals surface area contributed by atoms with Gasteiger partial charge in [-0.2, -0.15) is 0 Å². The highest BCUT2D eigenvalue weighted by Gasteiger charge is 2.15. The largest absolute Gasteiger partial charge is 0.298 e. The van der Waals surface area contributed by atoms with Gasteiger partial charge in [-0.05, 0) is 36.4 Å². The average Bonchev–Trinajstić information content (AvgIpc) is 3.03. The van der Waals surface area contributed by atoms with Crippen molar-refractivity contribution in [3.8, 4) is 0 Å². The second-order valence-electron chi connectivity index (χ2n) is 5.11. The summed E-state index contributed by atoms with van der Waals surface area (Å²) in [6.07, 6.45) is 0. The fraction of sp³-hybridized carbons (Fsp3) is 0.125. The summed E-state index contributed by atoms with van der Waals surface area (Å²) in [5, 5.41) is 3.99. The minimum absolute atomic E-state index is 0.00572. The van der Waals surface area contributed by atoms with Crippen LogP contribution >= 0.6 is 34.5 Å². The van der Waals surface area contributed by atoms with Crippen molar-refractivity contribution in [2.75, 3.05) is 11.1 Å². The Kier molecular flexibility index (Phi) is 5.02. The molecule has 9 heteroatoms. The molecule has 3 aromatic rings. The number of anilines is 1. The van der Waals surface area contributed by atoms with E-state index in [1.54, 1.807) is 19.1 Å². The van der Waals surface area contributed by atoms with Crippen molar-refractivity contribution in [1.29, 1.82) is 0 Å². The molecule has 1 N–H and O–H groups in total. The molecule has 0 saturated heterocycles. The van der Waals surface area contributed by atoms with Crippen LogP contribution in [0.4, 0.5) is 5.13 Å². The summed E-state index contributed by atoms with van der Waals surface area (Å²) in [4.78, 5) is 16.8. The zero-order chi connectivity index (χ0) is 18.2. The molecule has 0 radical (unpaired) electrons. The molecule has 0 atom stereocenters. The number of carbonyl (C=O) groups is 1. The lowest BCUT2D eigenvalue weighted by atomic mass is 10.2. The predicted molar refractivity (Wildman–Crippen MR) is 102 cm³/mol. The monoisotopic (exact) mass is 414 g/mol. The number of amides is 1. The van der Waals surface area contributed by atoms with Gasteiger partial charge in [-0.25, -0.2) is 13.4 Å². The van der Waals surface area contributed by atoms with Crippen LogP contribution in [0.15, 0.2) is 41.3 Å². The maximum atomic E-state index is 12.3. The lowest BCUT2D eigenvalue weighted by Gasteiger charge is -2.04. The highest BCUT2D eigenvalue weighted by Crippen LogP contribution is 2.36. The van der Waals surface area contributed by atoms with E-state index >= 15 is 0 Å². The highest BCUT2D eigenvalue weighted by atomic mass is 35.5. The zero-order valence-electron chi connectivity index (χ0n) is 12.9. The minimum atomic E-state index is -3.30. The molecule has 130 valence electrons. The molecule has 1 amide bonds. The topological polar surface area (TPSA) is 76.1 Å². The first-order valence-corrected chi connectivity index (χ1v) is 10.4. The number of benzene rings is 2. The Labute approximate surface area is 158 Å². The Bertz CT molecular complexity index is 1020. The molecular weight excluding hydrogens is 403 g/mol. The number of hydrogen-bond donors (Lipinski definition) is 1. The molecule has 3 rings (SSSR count). The first-order valence-electron chi connectivity index (χ1n) is 7.20. The summed E-state index contributed by atoms with van der Waals surface area (Å²) >= 11 is 13.4. The number of nitrogens with zero attached hydrogens (tertiary/aromatic N) is 1. The van der Waals surface area contributed by atoms with Crippen LogP contribution in [0.25, 0.3) is 10.2 Å². The van der Waals surface area contributed by atoms with Crippen molar-refractivity contribution < 1.29 is 13.2 Å². The van der Waals surface area contributed by atoms with Gasteiger partial charge in [0.05, 0.1) is 25.4 Å². The first kappa shape index (κ1) is 18.1. The average molecular weight is 415 g/mol. The van der Waals surface area contributed by atoms with E-state index in [0.29, 0.717) is 31.0 Å². The normalized spacial score (nSPS) is 11.6. The van der Waals surface area contributed by atoms with Gasteiger partial charge in [0.1, 0.15) is 5.52 Å². The second-order valence-corrected chi connectivity index (χ2v) is 9.20. The molecule has 0 aliphatic rings. The number of hydrogen-bond acceptors (Lipinski definition) is 5. The number of nitrogens with one attached hydrogen (secondary N) is 1. The Balaban J connectivity index is 1.85. The van der Waals surface area contributed by atoms with Gasteiger partial charge in [-0.3, -0.25) is 10.1 Å². The van der Waals surface area contributed by atoms with Crippen LogP contribution in [0.3, 0.4) is 0 Å². The second kappa shape index (κ2) is 6.92. The van der Waals surface area contributed by atoms with E-state index in [0.717, 1.165) is 0 Å². The van der Waals surface area contributed by atoms with E-state index < -0.39 is 15.7 Å². The maximum Gasteiger partial charge on any atom is 0.257 e. The third kappa shape index (κ3) is 3.64. The van der Waals surface area contributed by atoms with Crippen LogP contribution in [-0.2, 0) is 9.84 Å². The Hall–Kier alpha value is -1.67. The van der Waals surface area contributed by atoms with Crippen LogP contribution in [0.1, 0.15) is 17.3 Å². The number of aromatic nitrogens is 1. The van der Waals surface area contributed by atoms with Crippen molar-refractivity contribution in [2.24, 2.45) is 0 Å². The van der Waals surface area contributed by atoms with Crippen molar-refractivity contribution in [3.05, 3.63) is 52.0 Å². The van der Waals surface area contributed by atoms with Crippen LogP contribution in [-0.4, -0.2) is 25.1 Å². The molecule has 0 unspecified atom stereocenters. The first-order chi connectivity index (χ1) is 11.8. The lowest BCUT2D eigenvalue weighted by molar-refractivity contribution is 0.102. The van der Waals surface area contributed by atoms with Crippen LogP contribution in [0.2, 0.25) is 10.0 Å². The molecule has 25 heavy (non-hydrogen) atoms. The van der Waals surface area contributed by atoms with Crippen molar-refractivity contribution in [1.82, 2.24) is 4.98 Å². The van der Waals surface area contributed by atoms with E-state index in [2.05, 4.69) is 10.3 Å². The van der Waals surface area contributed by atoms with Gasteiger partial charge >= 0.3 is 0 Å². The third-order valence-corrected chi connectivity index (χ3v) is 7.01. The van der Waals surface area contributed by atoms with Gasteiger partial charge in [-0.1, -0.05) is 41.5 Å². The van der Waals surface area contributed by atoms with Crippen LogP contribution in [0, 0.1) is 0 Å². The van der Waals surface area contributed by atoms with Gasteiger partial charge in [0, 0.05) is 5.56 Å². The number of halogens is 2. The molecule has 0 aliphatic carbocycles. The summed E-state index contributed by atoms with van der Waals surface area (Å²) in [5.74, 6) is -0.391. The number of thiazole rings is 1. The van der Waals surface area contributed by atoms with Crippen molar-refractivity contribution >= 4 is 65.6 Å². The standard InChI is InChI=1S/C16H12Cl2N2O3S2/c1-2-25(22,23)10-5-3-9(4-6-10)15(21)20-16-19-13-11(17)7-8-12(18)14(13)24-16/h3-8H,2H2,1H3,(H,19,20,21). The highest BCUT2D eigenvalue weighted by molar-refractivity contribution is 7.91. The molecule has 2 aromatic carbocycles. The molecule has 0 spiro atoms. The Morgan fingerprint density at radius 1 is 1.12 bits per heavy atom. The minimum Gasteiger partial charge on any atom is -0.298 e. The van der Waals surface area contributed by atoms with Gasteiger partial charge in [0.2, 0.25) is 0 Å². The number of sulfone groups is 1. The summed E-state index contributed by atoms with van der Waals surface area (Å²) in [5.41, 5.74) is 0.852. The maximum absolute atomic E-state index is 12.3. The SMILES string of the molecule is CCS(=O)(=O)c1ccc(C(=O)Nc2nc3c(Cl)ccc(Cl)c3s2)cc1. The van der Waals surface area contributed by atoms with E-state index in [1.165, 1.54) is 35.6 Å². The van der Waals surface area contributed by atoms with Gasteiger partial charge in [-0.15, -0.1) is 0 Å². The summed E-state index contributed by atoms with van der Waals surface area (Å²) in [7, 11) is -3.30. The Morgan fingerprint density at radius 2 is 1.76 bits per heavy atom. The molecule has 5 nitrogen and oxygen atoms in total. The predicted octanol–water partition coefficient (Wildman–Crippen LogP) is 4.65. The zero-order valence-corrected chi connectivity index (χ0v) is 16.1. The smallest absolute Gasteiger partial charge is 0.257 e. The molecule has 1 aromatic heterocycles. The third-order valence-electron chi connectivity index (χ3n) is 3.52. The number of carbonyl (C=O) groups excluding carboxylic acids is 1. The quantitative estimate of drug-likeness (QED) is 0.673. The number of fused-ring (bicyclic) bond motifs is 1. The van der Waals surface area contributed by atoms with E-state index in [1.807, 2.05) is 0 Å². The molecular formula is C16H12Cl2N2O3S2. The van der Waals surface area contributed by atoms with E-state index in [9.17, 15) is 13.2 Å². The molecule has 0 fully saturated rings. The fourth-order valence-corrected chi connectivity index (χ4v) is 4.45. The number of rotatable bonds is 4. The molecule has 0 bridgehead atoms. The Morgan fingerprint density at radius 3 is 2.36 bits per heavy atom. The van der Waals surface area contributed by atoms with Crippen LogP contribution < -0.4 is 5.32 Å². The van der Waals surface area contributed by atoms with E-state index in [-0.39, 0.29) is 10.6 Å². The van der Waals surface area contributed by atoms with E-state index in [4.69, 9.17) is 23.2 Å². The molecule has 0 aliphatic heterocycles. The molecule has 1 heterocycles. The van der Waals surface area contributed by atoms with Crippen molar-refractivity contribution in [3.63, 3.8) is 0 Å². The van der Waals surface area contributed by atoms with Gasteiger partial charge in [0.15, 0.2) is 15.0 Å². The summed E-state index contributed by atoms with van der Waals surface area (Å²) in [6, 6.07) is 9.07.